The molecule has 1 heterocycles. The molecule has 2 rings (SSSR count). The molecule has 1 aromatic carbocycles. The smallest absolute Gasteiger partial charge is 0.0928 e. The maximum absolute atomic E-state index is 4.52. The van der Waals surface area contributed by atoms with Crippen molar-refractivity contribution in [1.82, 2.24) is 10.3 Å². The summed E-state index contributed by atoms with van der Waals surface area (Å²) in [5, 5.41) is 6.97. The summed E-state index contributed by atoms with van der Waals surface area (Å²) in [6.07, 6.45) is 3.43. The fourth-order valence-electron chi connectivity index (χ4n) is 2.29. The van der Waals surface area contributed by atoms with Gasteiger partial charge in [-0.05, 0) is 38.3 Å². The van der Waals surface area contributed by atoms with E-state index in [0.29, 0.717) is 6.04 Å². The molecule has 2 nitrogen and oxygen atoms in total. The van der Waals surface area contributed by atoms with Gasteiger partial charge in [0.25, 0.3) is 0 Å². The van der Waals surface area contributed by atoms with Gasteiger partial charge in [0.2, 0.25) is 0 Å². The largest absolute Gasteiger partial charge is 0.310 e. The van der Waals surface area contributed by atoms with Crippen LogP contribution < -0.4 is 5.32 Å². The third-order valence-corrected chi connectivity index (χ3v) is 4.23. The van der Waals surface area contributed by atoms with Crippen molar-refractivity contribution >= 4 is 11.3 Å². The van der Waals surface area contributed by atoms with Crippen molar-refractivity contribution in [3.05, 3.63) is 52.0 Å². The second-order valence-electron chi connectivity index (χ2n) is 4.80. The van der Waals surface area contributed by atoms with Crippen LogP contribution in [0.25, 0.3) is 0 Å². The normalized spacial score (nSPS) is 12.5. The van der Waals surface area contributed by atoms with Crippen molar-refractivity contribution in [3.8, 4) is 0 Å². The molecule has 0 aliphatic heterocycles. The molecule has 0 radical (unpaired) electrons. The summed E-state index contributed by atoms with van der Waals surface area (Å²) in [5.74, 6) is 0. The van der Waals surface area contributed by atoms with Crippen LogP contribution in [0, 0.1) is 6.92 Å². The van der Waals surface area contributed by atoms with E-state index in [1.807, 2.05) is 0 Å². The molecule has 0 saturated carbocycles. The van der Waals surface area contributed by atoms with E-state index in [9.17, 15) is 0 Å². The molecule has 19 heavy (non-hydrogen) atoms. The number of thiazole rings is 1. The zero-order chi connectivity index (χ0) is 13.5. The maximum atomic E-state index is 4.52. The van der Waals surface area contributed by atoms with Gasteiger partial charge in [0.05, 0.1) is 5.01 Å². The lowest BCUT2D eigenvalue weighted by Gasteiger charge is -2.18. The first-order chi connectivity index (χ1) is 9.29. The van der Waals surface area contributed by atoms with Gasteiger partial charge in [-0.25, -0.2) is 4.98 Å². The molecule has 0 saturated heterocycles. The Bertz CT molecular complexity index is 479. The second kappa shape index (κ2) is 7.41. The molecule has 3 heteroatoms. The Balaban J connectivity index is 1.87. The number of rotatable bonds is 7. The maximum Gasteiger partial charge on any atom is 0.0928 e. The number of hydrogen-bond donors (Lipinski definition) is 1. The minimum absolute atomic E-state index is 0.465. The van der Waals surface area contributed by atoms with Crippen molar-refractivity contribution in [1.29, 1.82) is 0 Å². The van der Waals surface area contributed by atoms with E-state index < -0.39 is 0 Å². The van der Waals surface area contributed by atoms with Gasteiger partial charge in [0, 0.05) is 17.1 Å². The first-order valence-corrected chi connectivity index (χ1v) is 7.87. The number of benzene rings is 1. The highest BCUT2D eigenvalue weighted by molar-refractivity contribution is 7.09. The topological polar surface area (TPSA) is 24.9 Å². The quantitative estimate of drug-likeness (QED) is 0.821. The number of nitrogens with zero attached hydrogens (tertiary/aromatic N) is 1. The van der Waals surface area contributed by atoms with Gasteiger partial charge in [-0.15, -0.1) is 11.3 Å². The SMILES string of the molecule is CCNC(CCCc1nc(C)cs1)c1ccccc1. The van der Waals surface area contributed by atoms with Gasteiger partial charge in [0.15, 0.2) is 0 Å². The second-order valence-corrected chi connectivity index (χ2v) is 5.74. The summed E-state index contributed by atoms with van der Waals surface area (Å²) < 4.78 is 0. The lowest BCUT2D eigenvalue weighted by molar-refractivity contribution is 0.498. The van der Waals surface area contributed by atoms with Crippen LogP contribution in [0.5, 0.6) is 0 Å². The van der Waals surface area contributed by atoms with Crippen LogP contribution >= 0.6 is 11.3 Å². The number of hydrogen-bond acceptors (Lipinski definition) is 3. The fourth-order valence-corrected chi connectivity index (χ4v) is 3.11. The van der Waals surface area contributed by atoms with Crippen LogP contribution in [-0.2, 0) is 6.42 Å². The Morgan fingerprint density at radius 2 is 2.05 bits per heavy atom. The zero-order valence-corrected chi connectivity index (χ0v) is 12.5. The summed E-state index contributed by atoms with van der Waals surface area (Å²) >= 11 is 1.78. The standard InChI is InChI=1S/C16H22N2S/c1-3-17-15(14-8-5-4-6-9-14)10-7-11-16-18-13(2)12-19-16/h4-6,8-9,12,15,17H,3,7,10-11H2,1-2H3. The lowest BCUT2D eigenvalue weighted by Crippen LogP contribution is -2.20. The molecule has 102 valence electrons. The van der Waals surface area contributed by atoms with E-state index >= 15 is 0 Å². The van der Waals surface area contributed by atoms with Crippen LogP contribution in [0.2, 0.25) is 0 Å². The lowest BCUT2D eigenvalue weighted by atomic mass is 10.0. The predicted octanol–water partition coefficient (Wildman–Crippen LogP) is 4.13. The van der Waals surface area contributed by atoms with Crippen molar-refractivity contribution < 1.29 is 0 Å². The fraction of sp³-hybridized carbons (Fsp3) is 0.438. The first kappa shape index (κ1) is 14.2. The molecule has 0 spiro atoms. The highest BCUT2D eigenvalue weighted by Gasteiger charge is 2.09. The van der Waals surface area contributed by atoms with Gasteiger partial charge in [-0.3, -0.25) is 0 Å². The van der Waals surface area contributed by atoms with Gasteiger partial charge in [-0.1, -0.05) is 37.3 Å². The Morgan fingerprint density at radius 3 is 2.68 bits per heavy atom. The summed E-state index contributed by atoms with van der Waals surface area (Å²) in [5.41, 5.74) is 2.53. The first-order valence-electron chi connectivity index (χ1n) is 6.99. The average molecular weight is 274 g/mol. The molecular weight excluding hydrogens is 252 g/mol. The minimum atomic E-state index is 0.465. The monoisotopic (exact) mass is 274 g/mol. The molecule has 1 N–H and O–H groups in total. The number of aromatic nitrogens is 1. The average Bonchev–Trinajstić information content (AvgIpc) is 2.84. The van der Waals surface area contributed by atoms with E-state index in [1.165, 1.54) is 17.0 Å². The van der Waals surface area contributed by atoms with Crippen molar-refractivity contribution in [3.63, 3.8) is 0 Å². The Hall–Kier alpha value is -1.19. The third kappa shape index (κ3) is 4.44. The van der Waals surface area contributed by atoms with Crippen molar-refractivity contribution in [2.45, 2.75) is 39.2 Å². The molecular formula is C16H22N2S. The van der Waals surface area contributed by atoms with Crippen LogP contribution in [0.1, 0.15) is 42.1 Å². The van der Waals surface area contributed by atoms with E-state index in [4.69, 9.17) is 0 Å². The molecule has 0 fully saturated rings. The minimum Gasteiger partial charge on any atom is -0.310 e. The Kier molecular flexibility index (Phi) is 5.55. The van der Waals surface area contributed by atoms with Crippen molar-refractivity contribution in [2.75, 3.05) is 6.54 Å². The third-order valence-electron chi connectivity index (χ3n) is 3.20. The van der Waals surface area contributed by atoms with E-state index in [1.54, 1.807) is 11.3 Å². The summed E-state index contributed by atoms with van der Waals surface area (Å²) in [7, 11) is 0. The summed E-state index contributed by atoms with van der Waals surface area (Å²) in [6.45, 7) is 5.24. The highest BCUT2D eigenvalue weighted by atomic mass is 32.1. The van der Waals surface area contributed by atoms with E-state index in [2.05, 4.69) is 59.9 Å². The van der Waals surface area contributed by atoms with Gasteiger partial charge in [0.1, 0.15) is 0 Å². The molecule has 0 amide bonds. The van der Waals surface area contributed by atoms with Crippen molar-refractivity contribution in [2.24, 2.45) is 0 Å². The highest BCUT2D eigenvalue weighted by Crippen LogP contribution is 2.20. The summed E-state index contributed by atoms with van der Waals surface area (Å²) in [6, 6.07) is 11.2. The van der Waals surface area contributed by atoms with Crippen LogP contribution in [0.4, 0.5) is 0 Å². The summed E-state index contributed by atoms with van der Waals surface area (Å²) in [4.78, 5) is 4.52. The number of aryl methyl sites for hydroxylation is 2. The molecule has 0 aliphatic carbocycles. The molecule has 1 atom stereocenters. The van der Waals surface area contributed by atoms with Crippen LogP contribution in [0.3, 0.4) is 0 Å². The zero-order valence-electron chi connectivity index (χ0n) is 11.7. The molecule has 1 aromatic heterocycles. The Labute approximate surface area is 119 Å². The van der Waals surface area contributed by atoms with E-state index in [-0.39, 0.29) is 0 Å². The van der Waals surface area contributed by atoms with E-state index in [0.717, 1.165) is 25.1 Å². The molecule has 2 aromatic rings. The predicted molar refractivity (Wildman–Crippen MR) is 82.6 cm³/mol. The van der Waals surface area contributed by atoms with Crippen LogP contribution in [-0.4, -0.2) is 11.5 Å². The van der Waals surface area contributed by atoms with Gasteiger partial charge < -0.3 is 5.32 Å². The van der Waals surface area contributed by atoms with Gasteiger partial charge in [-0.2, -0.15) is 0 Å². The van der Waals surface area contributed by atoms with Gasteiger partial charge >= 0.3 is 0 Å². The Morgan fingerprint density at radius 1 is 1.26 bits per heavy atom. The molecule has 0 aliphatic rings. The molecule has 1 unspecified atom stereocenters. The molecule has 0 bridgehead atoms. The van der Waals surface area contributed by atoms with Crippen LogP contribution in [0.15, 0.2) is 35.7 Å². The number of nitrogens with one attached hydrogen (secondary N) is 1.